The zero-order valence-corrected chi connectivity index (χ0v) is 13.4. The summed E-state index contributed by atoms with van der Waals surface area (Å²) in [4.78, 5) is 6.68. The van der Waals surface area contributed by atoms with Crippen molar-refractivity contribution in [3.8, 4) is 0 Å². The SMILES string of the molecule is Cc1ncc(S(=O)(=O)NC(C)(C)CCc2ccccc2)[nH]1. The number of sulfonamides is 1. The zero-order valence-electron chi connectivity index (χ0n) is 12.6. The Hall–Kier alpha value is -1.66. The van der Waals surface area contributed by atoms with Gasteiger partial charge in [0.2, 0.25) is 0 Å². The topological polar surface area (TPSA) is 74.8 Å². The maximum absolute atomic E-state index is 12.3. The van der Waals surface area contributed by atoms with E-state index >= 15 is 0 Å². The Bertz CT molecular complexity index is 691. The highest BCUT2D eigenvalue weighted by atomic mass is 32.2. The molecule has 0 amide bonds. The Labute approximate surface area is 125 Å². The second kappa shape index (κ2) is 5.99. The summed E-state index contributed by atoms with van der Waals surface area (Å²) >= 11 is 0. The number of imidazole rings is 1. The minimum atomic E-state index is -3.57. The summed E-state index contributed by atoms with van der Waals surface area (Å²) in [7, 11) is -3.57. The second-order valence-electron chi connectivity index (χ2n) is 5.81. The predicted octanol–water partition coefficient (Wildman–Crippen LogP) is 2.41. The third kappa shape index (κ3) is 4.41. The number of hydrogen-bond acceptors (Lipinski definition) is 3. The molecule has 0 atom stereocenters. The van der Waals surface area contributed by atoms with Gasteiger partial charge in [-0.1, -0.05) is 30.3 Å². The molecule has 0 saturated heterocycles. The molecule has 0 aliphatic rings. The van der Waals surface area contributed by atoms with E-state index in [4.69, 9.17) is 0 Å². The molecule has 2 rings (SSSR count). The number of hydrogen-bond donors (Lipinski definition) is 2. The minimum absolute atomic E-state index is 0.104. The molecule has 5 nitrogen and oxygen atoms in total. The Kier molecular flexibility index (Phi) is 4.49. The lowest BCUT2D eigenvalue weighted by Crippen LogP contribution is -2.43. The van der Waals surface area contributed by atoms with Crippen molar-refractivity contribution in [2.75, 3.05) is 0 Å². The maximum Gasteiger partial charge on any atom is 0.258 e. The smallest absolute Gasteiger partial charge is 0.258 e. The van der Waals surface area contributed by atoms with E-state index < -0.39 is 15.6 Å². The number of H-pyrrole nitrogens is 1. The van der Waals surface area contributed by atoms with E-state index in [1.165, 1.54) is 11.8 Å². The first kappa shape index (κ1) is 15.7. The van der Waals surface area contributed by atoms with Crippen LogP contribution in [-0.4, -0.2) is 23.9 Å². The van der Waals surface area contributed by atoms with Crippen molar-refractivity contribution in [1.29, 1.82) is 0 Å². The van der Waals surface area contributed by atoms with Crippen LogP contribution in [0.1, 0.15) is 31.7 Å². The molecule has 0 spiro atoms. The van der Waals surface area contributed by atoms with Gasteiger partial charge in [-0.25, -0.2) is 18.1 Å². The Morgan fingerprint density at radius 1 is 1.24 bits per heavy atom. The van der Waals surface area contributed by atoms with Gasteiger partial charge in [0.05, 0.1) is 6.20 Å². The van der Waals surface area contributed by atoms with Crippen molar-refractivity contribution in [1.82, 2.24) is 14.7 Å². The van der Waals surface area contributed by atoms with Crippen LogP contribution in [0.25, 0.3) is 0 Å². The number of rotatable bonds is 6. The van der Waals surface area contributed by atoms with Crippen LogP contribution in [0.15, 0.2) is 41.6 Å². The molecule has 1 aromatic carbocycles. The van der Waals surface area contributed by atoms with Crippen molar-refractivity contribution >= 4 is 10.0 Å². The van der Waals surface area contributed by atoms with E-state index in [9.17, 15) is 8.42 Å². The lowest BCUT2D eigenvalue weighted by molar-refractivity contribution is 0.421. The molecule has 0 radical (unpaired) electrons. The van der Waals surface area contributed by atoms with Gasteiger partial charge in [0.1, 0.15) is 5.82 Å². The van der Waals surface area contributed by atoms with Crippen LogP contribution in [0.4, 0.5) is 0 Å². The van der Waals surface area contributed by atoms with E-state index in [2.05, 4.69) is 14.7 Å². The molecule has 6 heteroatoms. The van der Waals surface area contributed by atoms with Gasteiger partial charge in [0.15, 0.2) is 5.03 Å². The predicted molar refractivity (Wildman–Crippen MR) is 82.5 cm³/mol. The van der Waals surface area contributed by atoms with Crippen LogP contribution in [0.5, 0.6) is 0 Å². The summed E-state index contributed by atoms with van der Waals surface area (Å²) in [5, 5.41) is 0.104. The summed E-state index contributed by atoms with van der Waals surface area (Å²) in [6.45, 7) is 5.49. The van der Waals surface area contributed by atoms with E-state index in [1.54, 1.807) is 6.92 Å². The monoisotopic (exact) mass is 307 g/mol. The maximum atomic E-state index is 12.3. The zero-order chi connectivity index (χ0) is 15.5. The van der Waals surface area contributed by atoms with Crippen molar-refractivity contribution in [3.63, 3.8) is 0 Å². The van der Waals surface area contributed by atoms with E-state index in [0.29, 0.717) is 12.2 Å². The van der Waals surface area contributed by atoms with Gasteiger partial charge >= 0.3 is 0 Å². The lowest BCUT2D eigenvalue weighted by Gasteiger charge is -2.25. The van der Waals surface area contributed by atoms with E-state index in [1.807, 2.05) is 44.2 Å². The molecule has 0 saturated carbocycles. The number of nitrogens with one attached hydrogen (secondary N) is 2. The summed E-state index contributed by atoms with van der Waals surface area (Å²) < 4.78 is 27.3. The number of benzene rings is 1. The van der Waals surface area contributed by atoms with E-state index in [0.717, 1.165) is 6.42 Å². The molecule has 2 N–H and O–H groups in total. The van der Waals surface area contributed by atoms with Crippen LogP contribution in [-0.2, 0) is 16.4 Å². The molecule has 0 unspecified atom stereocenters. The fourth-order valence-corrected chi connectivity index (χ4v) is 3.52. The number of nitrogens with zero attached hydrogens (tertiary/aromatic N) is 1. The van der Waals surface area contributed by atoms with Gasteiger partial charge in [0.25, 0.3) is 10.0 Å². The van der Waals surface area contributed by atoms with Gasteiger partial charge in [-0.3, -0.25) is 0 Å². The molecule has 0 bridgehead atoms. The molecule has 1 heterocycles. The Morgan fingerprint density at radius 2 is 1.90 bits per heavy atom. The Balaban J connectivity index is 2.03. The lowest BCUT2D eigenvalue weighted by atomic mass is 9.97. The van der Waals surface area contributed by atoms with Crippen LogP contribution in [0.3, 0.4) is 0 Å². The first-order valence-electron chi connectivity index (χ1n) is 6.88. The van der Waals surface area contributed by atoms with Gasteiger partial charge < -0.3 is 4.98 Å². The third-order valence-corrected chi connectivity index (χ3v) is 4.87. The average molecular weight is 307 g/mol. The van der Waals surface area contributed by atoms with E-state index in [-0.39, 0.29) is 5.03 Å². The number of aromatic nitrogens is 2. The fraction of sp³-hybridized carbons (Fsp3) is 0.400. The molecule has 1 aromatic heterocycles. The summed E-state index contributed by atoms with van der Waals surface area (Å²) in [6.07, 6.45) is 2.87. The first-order valence-corrected chi connectivity index (χ1v) is 8.36. The largest absolute Gasteiger partial charge is 0.332 e. The molecule has 0 fully saturated rings. The highest BCUT2D eigenvalue weighted by molar-refractivity contribution is 7.89. The summed E-state index contributed by atoms with van der Waals surface area (Å²) in [6, 6.07) is 10.0. The molecule has 21 heavy (non-hydrogen) atoms. The van der Waals surface area contributed by atoms with Crippen LogP contribution in [0, 0.1) is 6.92 Å². The number of aromatic amines is 1. The van der Waals surface area contributed by atoms with Crippen molar-refractivity contribution in [2.45, 2.75) is 44.2 Å². The standard InChI is InChI=1S/C15H21N3O2S/c1-12-16-11-14(17-12)21(19,20)18-15(2,3)10-9-13-7-5-4-6-8-13/h4-8,11,18H,9-10H2,1-3H3,(H,16,17). The highest BCUT2D eigenvalue weighted by Crippen LogP contribution is 2.17. The average Bonchev–Trinajstić information content (AvgIpc) is 2.84. The molecule has 0 aliphatic heterocycles. The second-order valence-corrected chi connectivity index (χ2v) is 7.46. The van der Waals surface area contributed by atoms with Crippen molar-refractivity contribution in [3.05, 3.63) is 47.9 Å². The van der Waals surface area contributed by atoms with Crippen molar-refractivity contribution < 1.29 is 8.42 Å². The normalized spacial score (nSPS) is 12.5. The molecule has 0 aliphatic carbocycles. The molecule has 2 aromatic rings. The fourth-order valence-electron chi connectivity index (χ4n) is 2.11. The quantitative estimate of drug-likeness (QED) is 0.860. The summed E-state index contributed by atoms with van der Waals surface area (Å²) in [5.41, 5.74) is 0.662. The van der Waals surface area contributed by atoms with Gasteiger partial charge in [-0.2, -0.15) is 0 Å². The molecule has 114 valence electrons. The van der Waals surface area contributed by atoms with Crippen LogP contribution in [0.2, 0.25) is 0 Å². The Morgan fingerprint density at radius 3 is 2.48 bits per heavy atom. The number of aryl methyl sites for hydroxylation is 2. The first-order chi connectivity index (χ1) is 9.78. The molecular formula is C15H21N3O2S. The van der Waals surface area contributed by atoms with Gasteiger partial charge in [-0.05, 0) is 39.2 Å². The van der Waals surface area contributed by atoms with Gasteiger partial charge in [-0.15, -0.1) is 0 Å². The third-order valence-electron chi connectivity index (χ3n) is 3.26. The summed E-state index contributed by atoms with van der Waals surface area (Å²) in [5.74, 6) is 0.581. The van der Waals surface area contributed by atoms with Crippen LogP contribution < -0.4 is 4.72 Å². The molecular weight excluding hydrogens is 286 g/mol. The minimum Gasteiger partial charge on any atom is -0.332 e. The van der Waals surface area contributed by atoms with Crippen LogP contribution >= 0.6 is 0 Å². The van der Waals surface area contributed by atoms with Gasteiger partial charge in [0, 0.05) is 5.54 Å². The highest BCUT2D eigenvalue weighted by Gasteiger charge is 2.27. The van der Waals surface area contributed by atoms with Crippen molar-refractivity contribution in [2.24, 2.45) is 0 Å².